The number of likely N-dealkylation sites (N-methyl/N-ethyl adjacent to an activating group) is 5. The largest absolute Gasteiger partial charge is 0.480 e. The minimum Gasteiger partial charge on any atom is -0.480 e. The van der Waals surface area contributed by atoms with Gasteiger partial charge in [0.2, 0.25) is 35.4 Å². The van der Waals surface area contributed by atoms with E-state index < -0.39 is 47.4 Å². The Bertz CT molecular complexity index is 1400. The Morgan fingerprint density at radius 3 is 1.03 bits per heavy atom. The average Bonchev–Trinajstić information content (AvgIpc) is 3.11. The zero-order valence-electron chi connectivity index (χ0n) is 35.1. The summed E-state index contributed by atoms with van der Waals surface area (Å²) in [4.78, 5) is 124. The first-order valence-corrected chi connectivity index (χ1v) is 19.1. The second-order valence-electron chi connectivity index (χ2n) is 15.1. The number of nitrogens with zero attached hydrogens (tertiary/aromatic N) is 9. The number of nitrogens with one attached hydrogen (secondary N) is 1. The monoisotopic (exact) mass is 828 g/mol. The summed E-state index contributed by atoms with van der Waals surface area (Å²) in [5.74, 6) is -5.58. The zero-order valence-corrected chi connectivity index (χ0v) is 35.1. The molecule has 4 N–H and O–H groups in total. The fraction of sp³-hybridized carbons (Fsp3) is 0.750. The summed E-state index contributed by atoms with van der Waals surface area (Å²) in [5.41, 5.74) is 0. The molecule has 6 amide bonds. The zero-order chi connectivity index (χ0) is 44.1. The van der Waals surface area contributed by atoms with Crippen molar-refractivity contribution in [2.75, 3.05) is 153 Å². The normalized spacial score (nSPS) is 15.0. The summed E-state index contributed by atoms with van der Waals surface area (Å²) in [6.45, 7) is 4.18. The lowest BCUT2D eigenvalue weighted by atomic mass is 10.2. The number of hydrogen-bond acceptors (Lipinski definition) is 13. The molecule has 0 atom stereocenters. The molecule has 1 aliphatic rings. The van der Waals surface area contributed by atoms with Gasteiger partial charge in [-0.2, -0.15) is 0 Å². The summed E-state index contributed by atoms with van der Waals surface area (Å²) in [6, 6.07) is 0. The number of carboxylic acid groups (broad SMARTS) is 3. The maximum atomic E-state index is 12.9. The second-order valence-corrected chi connectivity index (χ2v) is 15.1. The van der Waals surface area contributed by atoms with Crippen LogP contribution in [-0.4, -0.2) is 266 Å². The van der Waals surface area contributed by atoms with Crippen molar-refractivity contribution in [3.8, 4) is 0 Å². The Morgan fingerprint density at radius 1 is 0.466 bits per heavy atom. The van der Waals surface area contributed by atoms with E-state index in [-0.39, 0.29) is 130 Å². The molecule has 0 aliphatic carbocycles. The molecule has 1 saturated heterocycles. The lowest BCUT2D eigenvalue weighted by Crippen LogP contribution is -2.50. The maximum Gasteiger partial charge on any atom is 0.317 e. The third-order valence-corrected chi connectivity index (χ3v) is 9.29. The van der Waals surface area contributed by atoms with E-state index in [9.17, 15) is 58.5 Å². The fourth-order valence-corrected chi connectivity index (χ4v) is 5.84. The van der Waals surface area contributed by atoms with Gasteiger partial charge in [0.05, 0.1) is 52.4 Å². The Labute approximate surface area is 340 Å². The number of carbonyl (C=O) groups is 9. The summed E-state index contributed by atoms with van der Waals surface area (Å²) in [5, 5.41) is 30.8. The van der Waals surface area contributed by atoms with E-state index in [2.05, 4.69) is 5.32 Å². The molecule has 22 nitrogen and oxygen atoms in total. The second kappa shape index (κ2) is 26.1. The topological polar surface area (TPSA) is 256 Å². The minimum atomic E-state index is -1.07. The third-order valence-electron chi connectivity index (χ3n) is 9.29. The van der Waals surface area contributed by atoms with Crippen molar-refractivity contribution in [2.24, 2.45) is 5.92 Å². The van der Waals surface area contributed by atoms with Gasteiger partial charge >= 0.3 is 17.9 Å². The molecular formula is C36H64N10O12. The molecule has 0 radical (unpaired) electrons. The maximum absolute atomic E-state index is 12.9. The molecule has 1 aliphatic heterocycles. The SMILES string of the molecule is CC(C)CN(C)C(=O)CN(C)C(=O)CN(C)C(=O)CN(C)C(=O)CN(C)C(=O)CCNC(=O)CN1CCN(CC(=O)O)CCN(CC(=O)O)CCN(CC(=O)O)CC1. The number of aliphatic carboxylic acids is 3. The number of carboxylic acids is 3. The van der Waals surface area contributed by atoms with Gasteiger partial charge in [-0.1, -0.05) is 13.8 Å². The van der Waals surface area contributed by atoms with Gasteiger partial charge in [0.1, 0.15) is 0 Å². The number of hydrogen-bond donors (Lipinski definition) is 4. The predicted octanol–water partition coefficient (Wildman–Crippen LogP) is -4.08. The Balaban J connectivity index is 2.67. The van der Waals surface area contributed by atoms with Crippen molar-refractivity contribution in [3.63, 3.8) is 0 Å². The molecule has 1 fully saturated rings. The van der Waals surface area contributed by atoms with E-state index in [0.29, 0.717) is 6.54 Å². The first kappa shape index (κ1) is 51.1. The van der Waals surface area contributed by atoms with Crippen LogP contribution in [0.5, 0.6) is 0 Å². The van der Waals surface area contributed by atoms with Crippen molar-refractivity contribution >= 4 is 53.4 Å². The minimum absolute atomic E-state index is 0.0546. The van der Waals surface area contributed by atoms with Crippen molar-refractivity contribution < 1.29 is 58.5 Å². The summed E-state index contributed by atoms with van der Waals surface area (Å²) >= 11 is 0. The third kappa shape index (κ3) is 21.6. The molecule has 0 saturated carbocycles. The van der Waals surface area contributed by atoms with Crippen molar-refractivity contribution in [2.45, 2.75) is 20.3 Å². The van der Waals surface area contributed by atoms with Gasteiger partial charge in [-0.3, -0.25) is 62.8 Å². The molecule has 1 heterocycles. The van der Waals surface area contributed by atoms with Crippen LogP contribution >= 0.6 is 0 Å². The van der Waals surface area contributed by atoms with E-state index in [1.165, 1.54) is 38.0 Å². The van der Waals surface area contributed by atoms with Gasteiger partial charge in [-0.15, -0.1) is 0 Å². The van der Waals surface area contributed by atoms with Crippen molar-refractivity contribution in [1.82, 2.24) is 49.4 Å². The highest BCUT2D eigenvalue weighted by molar-refractivity contribution is 5.91. The van der Waals surface area contributed by atoms with Crippen LogP contribution < -0.4 is 5.32 Å². The molecule has 0 unspecified atom stereocenters. The predicted molar refractivity (Wildman–Crippen MR) is 209 cm³/mol. The van der Waals surface area contributed by atoms with Crippen LogP contribution in [0.2, 0.25) is 0 Å². The first-order valence-electron chi connectivity index (χ1n) is 19.1. The van der Waals surface area contributed by atoms with Crippen molar-refractivity contribution in [1.29, 1.82) is 0 Å². The van der Waals surface area contributed by atoms with E-state index in [1.807, 2.05) is 13.8 Å². The highest BCUT2D eigenvalue weighted by Gasteiger charge is 2.24. The van der Waals surface area contributed by atoms with Gasteiger partial charge in [-0.25, -0.2) is 0 Å². The number of amides is 6. The van der Waals surface area contributed by atoms with E-state index in [0.717, 1.165) is 14.7 Å². The summed E-state index contributed by atoms with van der Waals surface area (Å²) in [7, 11) is 7.32. The fourth-order valence-electron chi connectivity index (χ4n) is 5.84. The summed E-state index contributed by atoms with van der Waals surface area (Å²) in [6.07, 6.45) is -0.141. The van der Waals surface area contributed by atoms with E-state index in [1.54, 1.807) is 26.6 Å². The van der Waals surface area contributed by atoms with Crippen LogP contribution in [0.15, 0.2) is 0 Å². The molecule has 0 aromatic rings. The lowest BCUT2D eigenvalue weighted by molar-refractivity contribution is -0.144. The Kier molecular flexibility index (Phi) is 23.0. The molecule has 0 bridgehead atoms. The average molecular weight is 829 g/mol. The van der Waals surface area contributed by atoms with Gasteiger partial charge in [0.25, 0.3) is 0 Å². The standard InChI is InChI=1S/C36H64N10O12/c1-27(2)18-38(3)30(49)21-40(5)32(51)23-42(7)33(52)22-41(6)31(50)20-39(4)29(48)8-9-37-28(47)19-43-10-12-44(24-34(53)54)14-16-46(26-36(57)58)17-15-45(13-11-43)25-35(55)56/h27H,8-26H2,1-7H3,(H,37,47)(H,53,54)(H,55,56)(H,57,58). The molecule has 1 rings (SSSR count). The quantitative estimate of drug-likeness (QED) is 0.0858. The van der Waals surface area contributed by atoms with Crippen LogP contribution in [0.25, 0.3) is 0 Å². The number of carbonyl (C=O) groups excluding carboxylic acids is 6. The molecule has 0 aromatic heterocycles. The number of rotatable bonds is 21. The Hall–Kier alpha value is -4.93. The van der Waals surface area contributed by atoms with E-state index in [4.69, 9.17) is 0 Å². The highest BCUT2D eigenvalue weighted by Crippen LogP contribution is 2.03. The van der Waals surface area contributed by atoms with Gasteiger partial charge in [0, 0.05) is 107 Å². The highest BCUT2D eigenvalue weighted by atomic mass is 16.4. The molecule has 0 aromatic carbocycles. The van der Waals surface area contributed by atoms with Crippen molar-refractivity contribution in [3.05, 3.63) is 0 Å². The van der Waals surface area contributed by atoms with Crippen LogP contribution in [0.1, 0.15) is 20.3 Å². The molecule has 22 heteroatoms. The van der Waals surface area contributed by atoms with Crippen LogP contribution in [-0.2, 0) is 43.2 Å². The smallest absolute Gasteiger partial charge is 0.317 e. The molecule has 58 heavy (non-hydrogen) atoms. The lowest BCUT2D eigenvalue weighted by Gasteiger charge is -2.32. The molecular weight excluding hydrogens is 764 g/mol. The van der Waals surface area contributed by atoms with Crippen LogP contribution in [0, 0.1) is 5.92 Å². The first-order chi connectivity index (χ1) is 27.1. The van der Waals surface area contributed by atoms with Gasteiger partial charge < -0.3 is 45.1 Å². The van der Waals surface area contributed by atoms with E-state index >= 15 is 0 Å². The molecule has 330 valence electrons. The van der Waals surface area contributed by atoms with Gasteiger partial charge in [0.15, 0.2) is 0 Å². The molecule has 0 spiro atoms. The Morgan fingerprint density at radius 2 is 0.741 bits per heavy atom. The summed E-state index contributed by atoms with van der Waals surface area (Å²) < 4.78 is 0. The van der Waals surface area contributed by atoms with Crippen LogP contribution in [0.4, 0.5) is 0 Å². The van der Waals surface area contributed by atoms with Gasteiger partial charge in [-0.05, 0) is 5.92 Å². The van der Waals surface area contributed by atoms with Crippen LogP contribution in [0.3, 0.4) is 0 Å².